The molecule has 3 aromatic rings. The van der Waals surface area contributed by atoms with Crippen LogP contribution in [0.3, 0.4) is 0 Å². The van der Waals surface area contributed by atoms with Crippen molar-refractivity contribution in [2.75, 3.05) is 32.9 Å². The summed E-state index contributed by atoms with van der Waals surface area (Å²) >= 11 is 0. The van der Waals surface area contributed by atoms with Gasteiger partial charge in [0.25, 0.3) is 5.91 Å². The maximum atomic E-state index is 13.1. The predicted molar refractivity (Wildman–Crippen MR) is 124 cm³/mol. The van der Waals surface area contributed by atoms with E-state index in [-0.39, 0.29) is 11.9 Å². The lowest BCUT2D eigenvalue weighted by Crippen LogP contribution is -2.40. The molecule has 168 valence electrons. The van der Waals surface area contributed by atoms with Crippen LogP contribution in [0.15, 0.2) is 54.7 Å². The highest BCUT2D eigenvalue weighted by atomic mass is 16.5. The molecular formula is C26H30N2O4. The lowest BCUT2D eigenvalue weighted by Gasteiger charge is -2.26. The molecule has 0 N–H and O–H groups in total. The largest absolute Gasteiger partial charge is 0.462 e. The average Bonchev–Trinajstić information content (AvgIpc) is 3.21. The highest BCUT2D eigenvalue weighted by molar-refractivity contribution is 6.07. The van der Waals surface area contributed by atoms with E-state index in [2.05, 4.69) is 10.6 Å². The number of nitrogens with zero attached hydrogens (tertiary/aromatic N) is 2. The van der Waals surface area contributed by atoms with E-state index in [1.165, 1.54) is 0 Å². The summed E-state index contributed by atoms with van der Waals surface area (Å²) in [6, 6.07) is 15.7. The third kappa shape index (κ3) is 4.86. The van der Waals surface area contributed by atoms with Crippen LogP contribution in [0.4, 0.5) is 0 Å². The second kappa shape index (κ2) is 10.5. The molecule has 0 radical (unpaired) electrons. The maximum absolute atomic E-state index is 13.1. The fraction of sp³-hybridized carbons (Fsp3) is 0.385. The highest BCUT2D eigenvalue weighted by Gasteiger charge is 2.22. The van der Waals surface area contributed by atoms with Crippen molar-refractivity contribution in [3.8, 4) is 0 Å². The van der Waals surface area contributed by atoms with Crippen molar-refractivity contribution in [2.45, 2.75) is 32.7 Å². The Kier molecular flexibility index (Phi) is 7.22. The number of para-hydroxylation sites is 1. The van der Waals surface area contributed by atoms with Gasteiger partial charge in [-0.1, -0.05) is 36.4 Å². The number of ether oxygens (including phenoxy) is 2. The van der Waals surface area contributed by atoms with Gasteiger partial charge < -0.3 is 18.9 Å². The Morgan fingerprint density at radius 3 is 2.53 bits per heavy atom. The first-order valence-electron chi connectivity index (χ1n) is 11.4. The Labute approximate surface area is 188 Å². The van der Waals surface area contributed by atoms with Crippen molar-refractivity contribution >= 4 is 22.8 Å². The summed E-state index contributed by atoms with van der Waals surface area (Å²) < 4.78 is 12.8. The fourth-order valence-electron chi connectivity index (χ4n) is 4.28. The lowest BCUT2D eigenvalue weighted by molar-refractivity contribution is 0.0304. The summed E-state index contributed by atoms with van der Waals surface area (Å²) in [5.41, 5.74) is 3.51. The maximum Gasteiger partial charge on any atom is 0.338 e. The molecular weight excluding hydrogens is 404 g/mol. The molecule has 1 aromatic heterocycles. The van der Waals surface area contributed by atoms with E-state index < -0.39 is 0 Å². The van der Waals surface area contributed by atoms with E-state index in [0.29, 0.717) is 38.5 Å². The monoisotopic (exact) mass is 434 g/mol. The minimum atomic E-state index is -0.259. The molecule has 0 unspecified atom stereocenters. The minimum absolute atomic E-state index is 0.0756. The van der Waals surface area contributed by atoms with Gasteiger partial charge in [0.15, 0.2) is 0 Å². The van der Waals surface area contributed by atoms with E-state index in [0.717, 1.165) is 47.8 Å². The van der Waals surface area contributed by atoms with Gasteiger partial charge in [-0.3, -0.25) is 4.79 Å². The Hall–Kier alpha value is -3.12. The second-order valence-corrected chi connectivity index (χ2v) is 7.99. The molecule has 0 spiro atoms. The predicted octanol–water partition coefficient (Wildman–Crippen LogP) is 4.31. The molecule has 2 aromatic carbocycles. The third-order valence-corrected chi connectivity index (χ3v) is 5.93. The number of amides is 1. The smallest absolute Gasteiger partial charge is 0.338 e. The van der Waals surface area contributed by atoms with Gasteiger partial charge in [-0.05, 0) is 43.9 Å². The molecule has 0 bridgehead atoms. The Bertz CT molecular complexity index is 1080. The van der Waals surface area contributed by atoms with Gasteiger partial charge in [0.1, 0.15) is 0 Å². The van der Waals surface area contributed by atoms with Crippen molar-refractivity contribution in [1.29, 1.82) is 0 Å². The van der Waals surface area contributed by atoms with E-state index >= 15 is 0 Å². The number of esters is 1. The fourth-order valence-corrected chi connectivity index (χ4v) is 4.28. The quantitative estimate of drug-likeness (QED) is 0.391. The number of carbonyl (C=O) groups is 2. The first-order chi connectivity index (χ1) is 15.7. The zero-order chi connectivity index (χ0) is 22.3. The number of fused-ring (bicyclic) bond motifs is 1. The zero-order valence-corrected chi connectivity index (χ0v) is 18.6. The van der Waals surface area contributed by atoms with Crippen molar-refractivity contribution in [1.82, 2.24) is 9.47 Å². The van der Waals surface area contributed by atoms with Gasteiger partial charge in [0.2, 0.25) is 0 Å². The zero-order valence-electron chi connectivity index (χ0n) is 18.6. The molecule has 1 saturated heterocycles. The normalized spacial score (nSPS) is 14.0. The van der Waals surface area contributed by atoms with Crippen LogP contribution < -0.4 is 0 Å². The standard InChI is InChI=1S/C26H30N2O4/c1-2-32-26(30)21-11-4-3-9-20(21)10-7-8-14-28-19-23(22-12-5-6-13-24(22)28)25(29)27-15-17-31-18-16-27/h3-6,9,11-13,19H,2,7-8,10,14-18H2,1H3. The molecule has 1 aliphatic rings. The van der Waals surface area contributed by atoms with Crippen LogP contribution in [0, 0.1) is 0 Å². The van der Waals surface area contributed by atoms with Crippen LogP contribution >= 0.6 is 0 Å². The summed E-state index contributed by atoms with van der Waals surface area (Å²) in [6.07, 6.45) is 4.69. The number of carbonyl (C=O) groups excluding carboxylic acids is 2. The molecule has 0 atom stereocenters. The summed E-state index contributed by atoms with van der Waals surface area (Å²) in [5, 5.41) is 0.997. The van der Waals surface area contributed by atoms with Gasteiger partial charge >= 0.3 is 5.97 Å². The molecule has 0 saturated carbocycles. The summed E-state index contributed by atoms with van der Waals surface area (Å²) in [7, 11) is 0. The SMILES string of the molecule is CCOC(=O)c1ccccc1CCCCn1cc(C(=O)N2CCOCC2)c2ccccc21. The number of aryl methyl sites for hydroxylation is 2. The van der Waals surface area contributed by atoms with Crippen LogP contribution in [-0.4, -0.2) is 54.3 Å². The first kappa shape index (κ1) is 22.1. The van der Waals surface area contributed by atoms with Gasteiger partial charge in [0.05, 0.1) is 30.9 Å². The van der Waals surface area contributed by atoms with Gasteiger partial charge in [-0.15, -0.1) is 0 Å². The number of unbranched alkanes of at least 4 members (excludes halogenated alkanes) is 1. The minimum Gasteiger partial charge on any atom is -0.462 e. The van der Waals surface area contributed by atoms with Crippen LogP contribution in [0.5, 0.6) is 0 Å². The highest BCUT2D eigenvalue weighted by Crippen LogP contribution is 2.24. The molecule has 32 heavy (non-hydrogen) atoms. The number of hydrogen-bond donors (Lipinski definition) is 0. The van der Waals surface area contributed by atoms with E-state index in [4.69, 9.17) is 9.47 Å². The van der Waals surface area contributed by atoms with Crippen LogP contribution in [0.1, 0.15) is 46.0 Å². The third-order valence-electron chi connectivity index (χ3n) is 5.93. The molecule has 1 amide bonds. The molecule has 0 aliphatic carbocycles. The summed E-state index contributed by atoms with van der Waals surface area (Å²) in [5.74, 6) is -0.183. The summed E-state index contributed by atoms with van der Waals surface area (Å²) in [6.45, 7) is 5.48. The number of rotatable bonds is 8. The molecule has 2 heterocycles. The van der Waals surface area contributed by atoms with Crippen LogP contribution in [-0.2, 0) is 22.4 Å². The Morgan fingerprint density at radius 1 is 0.969 bits per heavy atom. The van der Waals surface area contributed by atoms with Gasteiger partial charge in [-0.2, -0.15) is 0 Å². The lowest BCUT2D eigenvalue weighted by atomic mass is 10.0. The van der Waals surface area contributed by atoms with Gasteiger partial charge in [0, 0.05) is 36.7 Å². The van der Waals surface area contributed by atoms with Crippen molar-refractivity contribution in [2.24, 2.45) is 0 Å². The number of morpholine rings is 1. The van der Waals surface area contributed by atoms with Crippen molar-refractivity contribution in [3.63, 3.8) is 0 Å². The van der Waals surface area contributed by atoms with Crippen LogP contribution in [0.25, 0.3) is 10.9 Å². The van der Waals surface area contributed by atoms with E-state index in [1.54, 1.807) is 0 Å². The molecule has 1 aliphatic heterocycles. The van der Waals surface area contributed by atoms with E-state index in [1.807, 2.05) is 60.5 Å². The second-order valence-electron chi connectivity index (χ2n) is 7.99. The molecule has 6 heteroatoms. The molecule has 6 nitrogen and oxygen atoms in total. The van der Waals surface area contributed by atoms with Crippen molar-refractivity contribution < 1.29 is 19.1 Å². The molecule has 1 fully saturated rings. The average molecular weight is 435 g/mol. The van der Waals surface area contributed by atoms with Crippen LogP contribution in [0.2, 0.25) is 0 Å². The Morgan fingerprint density at radius 2 is 1.72 bits per heavy atom. The molecule has 4 rings (SSSR count). The first-order valence-corrected chi connectivity index (χ1v) is 11.4. The van der Waals surface area contributed by atoms with Gasteiger partial charge in [-0.25, -0.2) is 4.79 Å². The van der Waals surface area contributed by atoms with Crippen molar-refractivity contribution in [3.05, 3.63) is 71.4 Å². The number of benzene rings is 2. The summed E-state index contributed by atoms with van der Waals surface area (Å²) in [4.78, 5) is 27.2. The number of hydrogen-bond acceptors (Lipinski definition) is 4. The topological polar surface area (TPSA) is 60.8 Å². The number of aromatic nitrogens is 1. The van der Waals surface area contributed by atoms with E-state index in [9.17, 15) is 9.59 Å². The Balaban J connectivity index is 1.43.